The van der Waals surface area contributed by atoms with Crippen LogP contribution in [0.25, 0.3) is 0 Å². The van der Waals surface area contributed by atoms with Gasteiger partial charge >= 0.3 is 5.97 Å². The van der Waals surface area contributed by atoms with E-state index in [1.54, 1.807) is 0 Å². The van der Waals surface area contributed by atoms with Crippen molar-refractivity contribution in [2.45, 2.75) is 66.4 Å². The molecule has 146 valence electrons. The van der Waals surface area contributed by atoms with Gasteiger partial charge < -0.3 is 9.84 Å². The summed E-state index contributed by atoms with van der Waals surface area (Å²) in [5.41, 5.74) is 3.01. The number of hydrogen-bond acceptors (Lipinski definition) is 4. The molecule has 0 aromatic carbocycles. The molecule has 0 unspecified atom stereocenters. The number of rotatable bonds is 7. The van der Waals surface area contributed by atoms with E-state index in [-0.39, 0.29) is 30.3 Å². The second-order valence-electron chi connectivity index (χ2n) is 7.70. The lowest BCUT2D eigenvalue weighted by atomic mass is 9.73. The van der Waals surface area contributed by atoms with Crippen LogP contribution in [-0.4, -0.2) is 30.1 Å². The molecule has 0 amide bonds. The average Bonchev–Trinajstić information content (AvgIpc) is 2.59. The number of aliphatic hydroxyl groups is 1. The first kappa shape index (κ1) is 22.4. The molecule has 0 heterocycles. The lowest BCUT2D eigenvalue weighted by Gasteiger charge is -2.35. The predicted octanol–water partition coefficient (Wildman–Crippen LogP) is 4.39. The smallest absolute Gasteiger partial charge is 0.302 e. The first-order valence-electron chi connectivity index (χ1n) is 9.51. The lowest BCUT2D eigenvalue weighted by molar-refractivity contribution is -0.143. The molecule has 0 saturated carbocycles. The van der Waals surface area contributed by atoms with Gasteiger partial charge in [0.2, 0.25) is 0 Å². The van der Waals surface area contributed by atoms with Crippen LogP contribution in [0.2, 0.25) is 0 Å². The van der Waals surface area contributed by atoms with Crippen LogP contribution in [0.3, 0.4) is 0 Å². The van der Waals surface area contributed by atoms with Crippen LogP contribution in [0.15, 0.2) is 34.9 Å². The minimum absolute atomic E-state index is 0.133. The average molecular weight is 363 g/mol. The van der Waals surface area contributed by atoms with Gasteiger partial charge in [0.15, 0.2) is 0 Å². The Hall–Kier alpha value is -1.68. The largest absolute Gasteiger partial charge is 0.465 e. The Morgan fingerprint density at radius 2 is 2.04 bits per heavy atom. The van der Waals surface area contributed by atoms with E-state index in [2.05, 4.69) is 26.8 Å². The number of hydrogen-bond donors (Lipinski definition) is 1. The zero-order valence-electron chi connectivity index (χ0n) is 16.8. The number of allylic oxidation sites excluding steroid dienone is 4. The standard InChI is InChI=1S/C22H34O4/c1-15(2)8-6-10-17(4)22-20(14-26-18(5)24)19(13-23)11-7-9-16(3)12-21(22)25/h8-9,11,13,17,20-22,25H,6-7,10,12,14H2,1-5H3/b16-9+,19-11-/t17-,20-,21-,22-/m1/s1. The van der Waals surface area contributed by atoms with Gasteiger partial charge in [-0.05, 0) is 63.9 Å². The summed E-state index contributed by atoms with van der Waals surface area (Å²) in [7, 11) is 0. The Morgan fingerprint density at radius 3 is 2.62 bits per heavy atom. The monoisotopic (exact) mass is 362 g/mol. The Bertz CT molecular complexity index is 567. The first-order valence-corrected chi connectivity index (χ1v) is 9.51. The quantitative estimate of drug-likeness (QED) is 0.414. The molecular weight excluding hydrogens is 328 g/mol. The summed E-state index contributed by atoms with van der Waals surface area (Å²) < 4.78 is 5.27. The van der Waals surface area contributed by atoms with Crippen molar-refractivity contribution in [3.8, 4) is 0 Å². The van der Waals surface area contributed by atoms with E-state index in [0.29, 0.717) is 18.4 Å². The van der Waals surface area contributed by atoms with Gasteiger partial charge in [-0.3, -0.25) is 9.59 Å². The summed E-state index contributed by atoms with van der Waals surface area (Å²) in [5.74, 6) is -0.601. The first-order chi connectivity index (χ1) is 12.3. The molecule has 0 fully saturated rings. The minimum Gasteiger partial charge on any atom is -0.465 e. The third-order valence-corrected chi connectivity index (χ3v) is 5.12. The number of carbonyl (C=O) groups is 2. The van der Waals surface area contributed by atoms with Crippen molar-refractivity contribution < 1.29 is 19.4 Å². The minimum atomic E-state index is -0.574. The third-order valence-electron chi connectivity index (χ3n) is 5.12. The second kappa shape index (κ2) is 11.1. The second-order valence-corrected chi connectivity index (χ2v) is 7.70. The number of ether oxygens (including phenoxy) is 1. The van der Waals surface area contributed by atoms with Gasteiger partial charge in [-0.25, -0.2) is 0 Å². The highest BCUT2D eigenvalue weighted by atomic mass is 16.5. The van der Waals surface area contributed by atoms with Gasteiger partial charge in [0.25, 0.3) is 0 Å². The fourth-order valence-corrected chi connectivity index (χ4v) is 3.74. The van der Waals surface area contributed by atoms with Crippen molar-refractivity contribution in [1.82, 2.24) is 0 Å². The SMILES string of the molecule is CC(=O)OC[C@@H]1/C(C=O)=C\C/C=C(\C)C[C@@H](O)[C@@H]1[C@H](C)CCC=C(C)C. The van der Waals surface area contributed by atoms with Crippen molar-refractivity contribution in [3.63, 3.8) is 0 Å². The summed E-state index contributed by atoms with van der Waals surface area (Å²) in [5, 5.41) is 11.0. The molecule has 0 saturated heterocycles. The van der Waals surface area contributed by atoms with Crippen LogP contribution in [0, 0.1) is 17.8 Å². The maximum Gasteiger partial charge on any atom is 0.302 e. The number of carbonyl (C=O) groups excluding carboxylic acids is 2. The molecule has 1 aliphatic carbocycles. The third kappa shape index (κ3) is 7.28. The molecule has 26 heavy (non-hydrogen) atoms. The van der Waals surface area contributed by atoms with Gasteiger partial charge in [-0.15, -0.1) is 0 Å². The number of aliphatic hydroxyl groups excluding tert-OH is 1. The van der Waals surface area contributed by atoms with E-state index < -0.39 is 6.10 Å². The normalized spacial score (nSPS) is 28.9. The number of esters is 1. The topological polar surface area (TPSA) is 63.6 Å². The van der Waals surface area contributed by atoms with E-state index in [0.717, 1.165) is 24.7 Å². The van der Waals surface area contributed by atoms with Crippen LogP contribution in [0.5, 0.6) is 0 Å². The highest BCUT2D eigenvalue weighted by molar-refractivity contribution is 5.74. The molecule has 4 nitrogen and oxygen atoms in total. The van der Waals surface area contributed by atoms with Crippen LogP contribution < -0.4 is 0 Å². The fraction of sp³-hybridized carbons (Fsp3) is 0.636. The van der Waals surface area contributed by atoms with E-state index >= 15 is 0 Å². The Kier molecular flexibility index (Phi) is 9.57. The Labute approximate surface area is 158 Å². The van der Waals surface area contributed by atoms with Crippen LogP contribution in [0.4, 0.5) is 0 Å². The predicted molar refractivity (Wildman–Crippen MR) is 105 cm³/mol. The van der Waals surface area contributed by atoms with Crippen molar-refractivity contribution in [2.75, 3.05) is 6.61 Å². The number of aldehydes is 1. The van der Waals surface area contributed by atoms with Gasteiger partial charge in [0, 0.05) is 12.8 Å². The maximum absolute atomic E-state index is 11.7. The lowest BCUT2D eigenvalue weighted by Crippen LogP contribution is -2.37. The summed E-state index contributed by atoms with van der Waals surface area (Å²) >= 11 is 0. The summed E-state index contributed by atoms with van der Waals surface area (Å²) in [4.78, 5) is 23.1. The summed E-state index contributed by atoms with van der Waals surface area (Å²) in [6, 6.07) is 0. The molecule has 0 radical (unpaired) electrons. The molecule has 1 N–H and O–H groups in total. The molecule has 0 aromatic heterocycles. The van der Waals surface area contributed by atoms with Crippen molar-refractivity contribution in [2.24, 2.45) is 17.8 Å². The van der Waals surface area contributed by atoms with E-state index in [4.69, 9.17) is 4.74 Å². The highest BCUT2D eigenvalue weighted by Gasteiger charge is 2.36. The van der Waals surface area contributed by atoms with E-state index in [1.807, 2.05) is 19.1 Å². The molecule has 0 aromatic rings. The zero-order valence-corrected chi connectivity index (χ0v) is 16.8. The molecular formula is C22H34O4. The maximum atomic E-state index is 11.7. The summed E-state index contributed by atoms with van der Waals surface area (Å²) in [6.45, 7) is 9.78. The van der Waals surface area contributed by atoms with Gasteiger partial charge in [0.1, 0.15) is 6.29 Å². The van der Waals surface area contributed by atoms with Gasteiger partial charge in [-0.2, -0.15) is 0 Å². The van der Waals surface area contributed by atoms with Crippen LogP contribution in [-0.2, 0) is 14.3 Å². The molecule has 1 rings (SSSR count). The van der Waals surface area contributed by atoms with E-state index in [1.165, 1.54) is 12.5 Å². The Morgan fingerprint density at radius 1 is 1.35 bits per heavy atom. The fourth-order valence-electron chi connectivity index (χ4n) is 3.74. The molecule has 0 spiro atoms. The highest BCUT2D eigenvalue weighted by Crippen LogP contribution is 2.36. The zero-order chi connectivity index (χ0) is 19.7. The van der Waals surface area contributed by atoms with Crippen molar-refractivity contribution >= 4 is 12.3 Å². The molecule has 0 bridgehead atoms. The van der Waals surface area contributed by atoms with E-state index in [9.17, 15) is 14.7 Å². The molecule has 4 heteroatoms. The molecule has 4 atom stereocenters. The van der Waals surface area contributed by atoms with Gasteiger partial charge in [-0.1, -0.05) is 36.3 Å². The molecule has 1 aliphatic rings. The summed E-state index contributed by atoms with van der Waals surface area (Å²) in [6.07, 6.45) is 9.50. The molecule has 0 aliphatic heterocycles. The van der Waals surface area contributed by atoms with Crippen LogP contribution in [0.1, 0.15) is 60.3 Å². The Balaban J connectivity index is 3.16. The van der Waals surface area contributed by atoms with Gasteiger partial charge in [0.05, 0.1) is 12.7 Å². The van der Waals surface area contributed by atoms with Crippen LogP contribution >= 0.6 is 0 Å². The van der Waals surface area contributed by atoms with Crippen molar-refractivity contribution in [3.05, 3.63) is 34.9 Å². The van der Waals surface area contributed by atoms with Crippen molar-refractivity contribution in [1.29, 1.82) is 0 Å².